The van der Waals surface area contributed by atoms with Crippen LogP contribution in [0.2, 0.25) is 0 Å². The molecule has 0 unspecified atom stereocenters. The number of hydrogen-bond acceptors (Lipinski definition) is 4. The molecule has 0 saturated carbocycles. The normalized spacial score (nSPS) is 35.2. The summed E-state index contributed by atoms with van der Waals surface area (Å²) in [4.78, 5) is 11.6. The highest BCUT2D eigenvalue weighted by molar-refractivity contribution is 5.82. The van der Waals surface area contributed by atoms with Crippen LogP contribution in [0.1, 0.15) is 19.3 Å². The first kappa shape index (κ1) is 10.9. The summed E-state index contributed by atoms with van der Waals surface area (Å²) >= 11 is 0. The molecule has 3 N–H and O–H groups in total. The lowest BCUT2D eigenvalue weighted by Crippen LogP contribution is -2.46. The van der Waals surface area contributed by atoms with E-state index in [1.165, 1.54) is 0 Å². The largest absolute Gasteiger partial charge is 0.394 e. The van der Waals surface area contributed by atoms with Gasteiger partial charge in [0, 0.05) is 26.1 Å². The third kappa shape index (κ3) is 2.00. The summed E-state index contributed by atoms with van der Waals surface area (Å²) in [6, 6.07) is -0.200. The van der Waals surface area contributed by atoms with Crippen molar-refractivity contribution in [2.24, 2.45) is 5.92 Å². The topological polar surface area (TPSA) is 78.8 Å². The van der Waals surface area contributed by atoms with Crippen molar-refractivity contribution in [1.82, 2.24) is 5.32 Å². The van der Waals surface area contributed by atoms with Crippen LogP contribution >= 0.6 is 0 Å². The standard InChI is InChI=1S/C10H17NO4/c12-6-7-5-8(9(13)11-7)10(14)1-3-15-4-2-10/h7-8,12,14H,1-6H2,(H,11,13)/t7-,8+/m0/s1. The van der Waals surface area contributed by atoms with Gasteiger partial charge in [0.05, 0.1) is 24.2 Å². The van der Waals surface area contributed by atoms with E-state index >= 15 is 0 Å². The van der Waals surface area contributed by atoms with Gasteiger partial charge in [0.2, 0.25) is 5.91 Å². The van der Waals surface area contributed by atoms with Gasteiger partial charge in [0.25, 0.3) is 0 Å². The Kier molecular flexibility index (Phi) is 2.95. The van der Waals surface area contributed by atoms with Crippen LogP contribution in [0.4, 0.5) is 0 Å². The van der Waals surface area contributed by atoms with Gasteiger partial charge in [-0.05, 0) is 6.42 Å². The van der Waals surface area contributed by atoms with Gasteiger partial charge < -0.3 is 20.3 Å². The molecule has 0 aliphatic carbocycles. The van der Waals surface area contributed by atoms with E-state index in [2.05, 4.69) is 5.32 Å². The van der Waals surface area contributed by atoms with Gasteiger partial charge in [0.1, 0.15) is 0 Å². The number of amides is 1. The lowest BCUT2D eigenvalue weighted by Gasteiger charge is -2.35. The molecule has 2 atom stereocenters. The van der Waals surface area contributed by atoms with Crippen molar-refractivity contribution in [3.8, 4) is 0 Å². The zero-order chi connectivity index (χ0) is 10.9. The lowest BCUT2D eigenvalue weighted by atomic mass is 9.79. The molecule has 2 heterocycles. The molecular formula is C10H17NO4. The molecule has 0 radical (unpaired) electrons. The Bertz CT molecular complexity index is 250. The third-order valence-electron chi connectivity index (χ3n) is 3.41. The zero-order valence-corrected chi connectivity index (χ0v) is 8.61. The molecule has 2 aliphatic heterocycles. The van der Waals surface area contributed by atoms with Crippen molar-refractivity contribution < 1.29 is 19.7 Å². The molecule has 0 spiro atoms. The van der Waals surface area contributed by atoms with Crippen LogP contribution in [0.25, 0.3) is 0 Å². The Labute approximate surface area is 88.4 Å². The summed E-state index contributed by atoms with van der Waals surface area (Å²) in [7, 11) is 0. The highest BCUT2D eigenvalue weighted by atomic mass is 16.5. The summed E-state index contributed by atoms with van der Waals surface area (Å²) in [5.41, 5.74) is -0.938. The van der Waals surface area contributed by atoms with Crippen LogP contribution < -0.4 is 5.32 Å². The number of hydrogen-bond donors (Lipinski definition) is 3. The average molecular weight is 215 g/mol. The van der Waals surface area contributed by atoms with E-state index in [0.717, 1.165) is 0 Å². The minimum Gasteiger partial charge on any atom is -0.394 e. The first-order valence-corrected chi connectivity index (χ1v) is 5.37. The molecule has 2 saturated heterocycles. The molecule has 2 fully saturated rings. The predicted octanol–water partition coefficient (Wildman–Crippen LogP) is -0.975. The minimum absolute atomic E-state index is 0.0607. The second-order valence-electron chi connectivity index (χ2n) is 4.39. The van der Waals surface area contributed by atoms with Crippen molar-refractivity contribution >= 4 is 5.91 Å². The maximum absolute atomic E-state index is 11.6. The first-order chi connectivity index (χ1) is 7.15. The van der Waals surface area contributed by atoms with Crippen LogP contribution in [0.3, 0.4) is 0 Å². The Morgan fingerprint density at radius 3 is 2.67 bits per heavy atom. The van der Waals surface area contributed by atoms with Crippen molar-refractivity contribution in [3.63, 3.8) is 0 Å². The van der Waals surface area contributed by atoms with Gasteiger partial charge in [0.15, 0.2) is 0 Å². The van der Waals surface area contributed by atoms with Crippen molar-refractivity contribution in [2.45, 2.75) is 30.9 Å². The molecule has 0 aromatic rings. The first-order valence-electron chi connectivity index (χ1n) is 5.37. The van der Waals surface area contributed by atoms with Crippen molar-refractivity contribution in [3.05, 3.63) is 0 Å². The van der Waals surface area contributed by atoms with Crippen molar-refractivity contribution in [1.29, 1.82) is 0 Å². The molecule has 5 heteroatoms. The molecule has 0 bridgehead atoms. The van der Waals surface area contributed by atoms with Gasteiger partial charge in [-0.1, -0.05) is 0 Å². The molecular weight excluding hydrogens is 198 g/mol. The number of aliphatic hydroxyl groups is 2. The van der Waals surface area contributed by atoms with Gasteiger partial charge in [-0.3, -0.25) is 4.79 Å². The van der Waals surface area contributed by atoms with E-state index in [9.17, 15) is 9.90 Å². The molecule has 15 heavy (non-hydrogen) atoms. The Morgan fingerprint density at radius 2 is 2.13 bits per heavy atom. The maximum Gasteiger partial charge on any atom is 0.226 e. The molecule has 2 aliphatic rings. The van der Waals surface area contributed by atoms with E-state index < -0.39 is 11.5 Å². The van der Waals surface area contributed by atoms with Gasteiger partial charge in [-0.25, -0.2) is 0 Å². The lowest BCUT2D eigenvalue weighted by molar-refractivity contribution is -0.139. The van der Waals surface area contributed by atoms with Crippen LogP contribution in [-0.4, -0.2) is 47.6 Å². The van der Waals surface area contributed by atoms with Crippen LogP contribution in [0.5, 0.6) is 0 Å². The number of ether oxygens (including phenoxy) is 1. The van der Waals surface area contributed by atoms with Crippen LogP contribution in [0, 0.1) is 5.92 Å². The van der Waals surface area contributed by atoms with Crippen LogP contribution in [-0.2, 0) is 9.53 Å². The molecule has 86 valence electrons. The number of carbonyl (C=O) groups excluding carboxylic acids is 1. The highest BCUT2D eigenvalue weighted by Gasteiger charge is 2.47. The Morgan fingerprint density at radius 1 is 1.47 bits per heavy atom. The molecule has 1 amide bonds. The van der Waals surface area contributed by atoms with Crippen molar-refractivity contribution in [2.75, 3.05) is 19.8 Å². The van der Waals surface area contributed by atoms with Gasteiger partial charge >= 0.3 is 0 Å². The van der Waals surface area contributed by atoms with Crippen LogP contribution in [0.15, 0.2) is 0 Å². The summed E-state index contributed by atoms with van der Waals surface area (Å²) in [6.45, 7) is 0.947. The molecule has 0 aromatic carbocycles. The van der Waals surface area contributed by atoms with E-state index in [4.69, 9.17) is 9.84 Å². The Balaban J connectivity index is 2.06. The monoisotopic (exact) mass is 215 g/mol. The maximum atomic E-state index is 11.6. The highest BCUT2D eigenvalue weighted by Crippen LogP contribution is 2.34. The zero-order valence-electron chi connectivity index (χ0n) is 8.61. The smallest absolute Gasteiger partial charge is 0.226 e. The number of rotatable bonds is 2. The molecule has 5 nitrogen and oxygen atoms in total. The second-order valence-corrected chi connectivity index (χ2v) is 4.39. The Hall–Kier alpha value is -0.650. The molecule has 2 rings (SSSR count). The fourth-order valence-electron chi connectivity index (χ4n) is 2.41. The molecule has 0 aromatic heterocycles. The predicted molar refractivity (Wildman–Crippen MR) is 52.1 cm³/mol. The third-order valence-corrected chi connectivity index (χ3v) is 3.41. The number of carbonyl (C=O) groups is 1. The number of aliphatic hydroxyl groups excluding tert-OH is 1. The fourth-order valence-corrected chi connectivity index (χ4v) is 2.41. The fraction of sp³-hybridized carbons (Fsp3) is 0.900. The average Bonchev–Trinajstić information content (AvgIpc) is 2.61. The van der Waals surface area contributed by atoms with E-state index in [1.807, 2.05) is 0 Å². The van der Waals surface area contributed by atoms with Gasteiger partial charge in [-0.2, -0.15) is 0 Å². The van der Waals surface area contributed by atoms with E-state index in [1.54, 1.807) is 0 Å². The summed E-state index contributed by atoms with van der Waals surface area (Å²) < 4.78 is 5.17. The quantitative estimate of drug-likeness (QED) is 0.553. The minimum atomic E-state index is -0.938. The summed E-state index contributed by atoms with van der Waals surface area (Å²) in [5.74, 6) is -0.531. The van der Waals surface area contributed by atoms with E-state index in [-0.39, 0.29) is 18.6 Å². The van der Waals surface area contributed by atoms with E-state index in [0.29, 0.717) is 32.5 Å². The van der Waals surface area contributed by atoms with Gasteiger partial charge in [-0.15, -0.1) is 0 Å². The SMILES string of the molecule is O=C1N[C@H](CO)C[C@H]1C1(O)CCOCC1. The second kappa shape index (κ2) is 4.08. The summed E-state index contributed by atoms with van der Waals surface area (Å²) in [6.07, 6.45) is 1.53. The number of nitrogens with one attached hydrogen (secondary N) is 1. The summed E-state index contributed by atoms with van der Waals surface area (Å²) in [5, 5.41) is 22.0.